The second-order valence-corrected chi connectivity index (χ2v) is 5.49. The van der Waals surface area contributed by atoms with E-state index in [1.165, 1.54) is 0 Å². The van der Waals surface area contributed by atoms with E-state index < -0.39 is 6.10 Å². The first-order valence-electron chi connectivity index (χ1n) is 5.66. The van der Waals surface area contributed by atoms with Gasteiger partial charge < -0.3 is 5.11 Å². The van der Waals surface area contributed by atoms with Crippen molar-refractivity contribution in [1.82, 2.24) is 14.8 Å². The number of rotatable bonds is 4. The Hall–Kier alpha value is -1.20. The van der Waals surface area contributed by atoms with Crippen molar-refractivity contribution in [2.45, 2.75) is 32.8 Å². The third-order valence-corrected chi connectivity index (χ3v) is 3.88. The van der Waals surface area contributed by atoms with Crippen molar-refractivity contribution >= 4 is 11.3 Å². The maximum Gasteiger partial charge on any atom is 0.0904 e. The van der Waals surface area contributed by atoms with E-state index in [2.05, 4.69) is 10.1 Å². The Labute approximate surface area is 105 Å². The Morgan fingerprint density at radius 2 is 2.24 bits per heavy atom. The van der Waals surface area contributed by atoms with Gasteiger partial charge in [0.25, 0.3) is 0 Å². The van der Waals surface area contributed by atoms with Gasteiger partial charge in [-0.15, -0.1) is 11.3 Å². The molecule has 0 bridgehead atoms. The van der Waals surface area contributed by atoms with Gasteiger partial charge >= 0.3 is 0 Å². The molecule has 0 fully saturated rings. The molecular weight excluding hydrogens is 234 g/mol. The van der Waals surface area contributed by atoms with Crippen LogP contribution < -0.4 is 0 Å². The average Bonchev–Trinajstić information content (AvgIpc) is 2.81. The lowest BCUT2D eigenvalue weighted by Gasteiger charge is -2.07. The molecule has 92 valence electrons. The lowest BCUT2D eigenvalue weighted by Crippen LogP contribution is -1.99. The summed E-state index contributed by atoms with van der Waals surface area (Å²) in [6.45, 7) is 3.92. The summed E-state index contributed by atoms with van der Waals surface area (Å²) < 4.78 is 1.78. The number of hydrogen-bond acceptors (Lipinski definition) is 4. The van der Waals surface area contributed by atoms with Crippen LogP contribution in [0.15, 0.2) is 12.4 Å². The highest BCUT2D eigenvalue weighted by molar-refractivity contribution is 7.11. The fourth-order valence-corrected chi connectivity index (χ4v) is 2.84. The largest absolute Gasteiger partial charge is 0.387 e. The fourth-order valence-electron chi connectivity index (χ4n) is 1.89. The van der Waals surface area contributed by atoms with Crippen LogP contribution in [0.3, 0.4) is 0 Å². The molecule has 2 heterocycles. The number of aliphatic hydroxyl groups excluding tert-OH is 1. The molecule has 4 nitrogen and oxygen atoms in total. The molecule has 1 atom stereocenters. The molecule has 1 unspecified atom stereocenters. The molecule has 0 aliphatic carbocycles. The molecule has 0 aliphatic heterocycles. The van der Waals surface area contributed by atoms with E-state index in [1.54, 1.807) is 16.0 Å². The lowest BCUT2D eigenvalue weighted by molar-refractivity contribution is 0.170. The molecule has 0 radical (unpaired) electrons. The number of aromatic nitrogens is 3. The van der Waals surface area contributed by atoms with Gasteiger partial charge in [0, 0.05) is 13.2 Å². The molecule has 17 heavy (non-hydrogen) atoms. The van der Waals surface area contributed by atoms with E-state index in [0.717, 1.165) is 27.6 Å². The van der Waals surface area contributed by atoms with E-state index >= 15 is 0 Å². The van der Waals surface area contributed by atoms with Crippen LogP contribution in [0.1, 0.15) is 33.7 Å². The number of hydrogen-bond donors (Lipinski definition) is 1. The Balaban J connectivity index is 1.97. The molecular formula is C12H17N3OS. The number of aryl methyl sites for hydroxylation is 4. The van der Waals surface area contributed by atoms with Gasteiger partial charge in [-0.25, -0.2) is 4.98 Å². The van der Waals surface area contributed by atoms with Gasteiger partial charge in [0.2, 0.25) is 0 Å². The van der Waals surface area contributed by atoms with Crippen LogP contribution in [0.4, 0.5) is 0 Å². The molecule has 0 saturated carbocycles. The summed E-state index contributed by atoms with van der Waals surface area (Å²) >= 11 is 1.58. The number of aliphatic hydroxyl groups is 1. The highest BCUT2D eigenvalue weighted by Crippen LogP contribution is 2.27. The van der Waals surface area contributed by atoms with Crippen LogP contribution in [0.25, 0.3) is 0 Å². The quantitative estimate of drug-likeness (QED) is 0.906. The third-order valence-electron chi connectivity index (χ3n) is 2.71. The van der Waals surface area contributed by atoms with Gasteiger partial charge in [-0.3, -0.25) is 4.68 Å². The molecule has 1 N–H and O–H groups in total. The first kappa shape index (κ1) is 12.3. The van der Waals surface area contributed by atoms with Gasteiger partial charge in [-0.2, -0.15) is 5.10 Å². The van der Waals surface area contributed by atoms with Crippen molar-refractivity contribution in [3.05, 3.63) is 33.5 Å². The Kier molecular flexibility index (Phi) is 3.59. The predicted octanol–water partition coefficient (Wildman–Crippen LogP) is 2.16. The highest BCUT2D eigenvalue weighted by atomic mass is 32.1. The van der Waals surface area contributed by atoms with E-state index in [1.807, 2.05) is 33.3 Å². The molecule has 0 aliphatic rings. The Bertz CT molecular complexity index is 504. The predicted molar refractivity (Wildman–Crippen MR) is 68.1 cm³/mol. The first-order valence-corrected chi connectivity index (χ1v) is 6.47. The van der Waals surface area contributed by atoms with Gasteiger partial charge in [0.1, 0.15) is 0 Å². The minimum absolute atomic E-state index is 0.415. The zero-order chi connectivity index (χ0) is 12.4. The molecule has 2 rings (SSSR count). The van der Waals surface area contributed by atoms with Crippen molar-refractivity contribution in [2.24, 2.45) is 7.05 Å². The van der Waals surface area contributed by atoms with Crippen molar-refractivity contribution in [3.63, 3.8) is 0 Å². The fraction of sp³-hybridized carbons (Fsp3) is 0.500. The minimum Gasteiger partial charge on any atom is -0.387 e. The van der Waals surface area contributed by atoms with E-state index in [-0.39, 0.29) is 0 Å². The van der Waals surface area contributed by atoms with Crippen LogP contribution in [0.5, 0.6) is 0 Å². The maximum absolute atomic E-state index is 10.1. The van der Waals surface area contributed by atoms with Gasteiger partial charge in [-0.1, -0.05) is 0 Å². The Morgan fingerprint density at radius 3 is 2.76 bits per heavy atom. The zero-order valence-corrected chi connectivity index (χ0v) is 11.2. The average molecular weight is 251 g/mol. The molecule has 0 saturated heterocycles. The Morgan fingerprint density at radius 1 is 1.47 bits per heavy atom. The number of nitrogens with zero attached hydrogens (tertiary/aromatic N) is 3. The number of thiazole rings is 1. The summed E-state index contributed by atoms with van der Waals surface area (Å²) in [5, 5.41) is 15.3. The van der Waals surface area contributed by atoms with E-state index in [4.69, 9.17) is 0 Å². The van der Waals surface area contributed by atoms with E-state index in [0.29, 0.717) is 6.42 Å². The van der Waals surface area contributed by atoms with Crippen molar-refractivity contribution in [2.75, 3.05) is 0 Å². The van der Waals surface area contributed by atoms with Crippen molar-refractivity contribution < 1.29 is 5.11 Å². The summed E-state index contributed by atoms with van der Waals surface area (Å²) in [7, 11) is 1.90. The van der Waals surface area contributed by atoms with Crippen LogP contribution in [0.2, 0.25) is 0 Å². The second-order valence-electron chi connectivity index (χ2n) is 4.26. The zero-order valence-electron chi connectivity index (χ0n) is 10.3. The van der Waals surface area contributed by atoms with Crippen LogP contribution in [0, 0.1) is 13.8 Å². The summed E-state index contributed by atoms with van der Waals surface area (Å²) in [6, 6.07) is 0. The molecule has 5 heteroatoms. The third kappa shape index (κ3) is 2.92. The SMILES string of the molecule is Cc1nc(C)c(C(O)CCc2cnn(C)c2)s1. The summed E-state index contributed by atoms with van der Waals surface area (Å²) in [5.74, 6) is 0. The molecule has 0 amide bonds. The monoisotopic (exact) mass is 251 g/mol. The van der Waals surface area contributed by atoms with Gasteiger partial charge in [-0.05, 0) is 32.3 Å². The topological polar surface area (TPSA) is 50.9 Å². The standard InChI is InChI=1S/C12H17N3OS/c1-8-12(17-9(2)14-8)11(16)5-4-10-6-13-15(3)7-10/h6-7,11,16H,4-5H2,1-3H3. The molecule has 0 aromatic carbocycles. The lowest BCUT2D eigenvalue weighted by atomic mass is 10.1. The normalized spacial score (nSPS) is 12.9. The van der Waals surface area contributed by atoms with Crippen molar-refractivity contribution in [1.29, 1.82) is 0 Å². The first-order chi connectivity index (χ1) is 8.06. The summed E-state index contributed by atoms with van der Waals surface area (Å²) in [4.78, 5) is 5.33. The maximum atomic E-state index is 10.1. The smallest absolute Gasteiger partial charge is 0.0904 e. The molecule has 2 aromatic rings. The van der Waals surface area contributed by atoms with Gasteiger partial charge in [0.05, 0.1) is 27.9 Å². The second kappa shape index (κ2) is 4.98. The minimum atomic E-state index is -0.415. The van der Waals surface area contributed by atoms with E-state index in [9.17, 15) is 5.11 Å². The highest BCUT2D eigenvalue weighted by Gasteiger charge is 2.14. The molecule has 0 spiro atoms. The van der Waals surface area contributed by atoms with Crippen molar-refractivity contribution in [3.8, 4) is 0 Å². The van der Waals surface area contributed by atoms with Gasteiger partial charge in [0.15, 0.2) is 0 Å². The summed E-state index contributed by atoms with van der Waals surface area (Å²) in [6.07, 6.45) is 4.97. The van der Waals surface area contributed by atoms with Crippen LogP contribution in [-0.4, -0.2) is 19.9 Å². The van der Waals surface area contributed by atoms with Crippen LogP contribution in [-0.2, 0) is 13.5 Å². The van der Waals surface area contributed by atoms with Crippen LogP contribution >= 0.6 is 11.3 Å². The molecule has 2 aromatic heterocycles. The summed E-state index contributed by atoms with van der Waals surface area (Å²) in [5.41, 5.74) is 2.11.